The van der Waals surface area contributed by atoms with Gasteiger partial charge in [-0.2, -0.15) is 5.10 Å². The lowest BCUT2D eigenvalue weighted by molar-refractivity contribution is -0.123. The zero-order valence-electron chi connectivity index (χ0n) is 15.5. The van der Waals surface area contributed by atoms with Crippen LogP contribution in [-0.2, 0) is 4.79 Å². The number of carbonyl (C=O) groups excluding carboxylic acids is 1. The fourth-order valence-corrected chi connectivity index (χ4v) is 2.66. The van der Waals surface area contributed by atoms with Gasteiger partial charge in [-0.25, -0.2) is 9.67 Å². The topological polar surface area (TPSA) is 78.3 Å². The summed E-state index contributed by atoms with van der Waals surface area (Å²) < 4.78 is 12.6. The molecule has 2 aromatic carbocycles. The van der Waals surface area contributed by atoms with Crippen LogP contribution in [0.4, 0.5) is 0 Å². The molecule has 1 heterocycles. The predicted octanol–water partition coefficient (Wildman–Crippen LogP) is 2.84. The van der Waals surface area contributed by atoms with Crippen LogP contribution in [0.2, 0.25) is 0 Å². The van der Waals surface area contributed by atoms with Gasteiger partial charge in [-0.05, 0) is 49.2 Å². The molecule has 1 unspecified atom stereocenters. The van der Waals surface area contributed by atoms with Crippen molar-refractivity contribution in [1.82, 2.24) is 20.1 Å². The van der Waals surface area contributed by atoms with E-state index in [0.717, 1.165) is 16.8 Å². The molecule has 0 aliphatic rings. The highest BCUT2D eigenvalue weighted by Gasteiger charge is 2.12. The summed E-state index contributed by atoms with van der Waals surface area (Å²) in [6, 6.07) is 13.2. The summed E-state index contributed by atoms with van der Waals surface area (Å²) in [5, 5.41) is 7.02. The van der Waals surface area contributed by atoms with Crippen LogP contribution in [0.1, 0.15) is 24.1 Å². The molecule has 0 aliphatic carbocycles. The molecule has 140 valence electrons. The lowest BCUT2D eigenvalue weighted by Gasteiger charge is -2.16. The van der Waals surface area contributed by atoms with Gasteiger partial charge in [0.1, 0.15) is 12.7 Å². The minimum absolute atomic E-state index is 0.0825. The maximum Gasteiger partial charge on any atom is 0.258 e. The molecule has 0 fully saturated rings. The fourth-order valence-electron chi connectivity index (χ4n) is 2.66. The van der Waals surface area contributed by atoms with Gasteiger partial charge in [-0.3, -0.25) is 4.79 Å². The zero-order valence-corrected chi connectivity index (χ0v) is 15.5. The average Bonchev–Trinajstić information content (AvgIpc) is 3.21. The second-order valence-corrected chi connectivity index (χ2v) is 6.16. The molecule has 0 spiro atoms. The molecule has 27 heavy (non-hydrogen) atoms. The third-order valence-electron chi connectivity index (χ3n) is 4.13. The quantitative estimate of drug-likeness (QED) is 0.696. The lowest BCUT2D eigenvalue weighted by atomic mass is 10.1. The van der Waals surface area contributed by atoms with Crippen LogP contribution in [0.3, 0.4) is 0 Å². The number of aryl methyl sites for hydroxylation is 1. The van der Waals surface area contributed by atoms with Gasteiger partial charge in [0.15, 0.2) is 18.1 Å². The summed E-state index contributed by atoms with van der Waals surface area (Å²) in [5.74, 6) is 0.952. The van der Waals surface area contributed by atoms with Crippen molar-refractivity contribution in [2.24, 2.45) is 0 Å². The number of rotatable bonds is 7. The van der Waals surface area contributed by atoms with Crippen molar-refractivity contribution >= 4 is 5.91 Å². The van der Waals surface area contributed by atoms with E-state index in [4.69, 9.17) is 9.47 Å². The Balaban J connectivity index is 1.56. The molecule has 1 N–H and O–H groups in total. The molecule has 1 atom stereocenters. The van der Waals surface area contributed by atoms with Crippen LogP contribution in [0, 0.1) is 6.92 Å². The highest BCUT2D eigenvalue weighted by molar-refractivity contribution is 5.78. The third kappa shape index (κ3) is 4.63. The summed E-state index contributed by atoms with van der Waals surface area (Å²) in [6.45, 7) is 3.81. The molecule has 0 aliphatic heterocycles. The molecule has 0 saturated heterocycles. The number of aromatic nitrogens is 3. The minimum atomic E-state index is -0.203. The van der Waals surface area contributed by atoms with Crippen molar-refractivity contribution in [2.45, 2.75) is 19.9 Å². The van der Waals surface area contributed by atoms with Crippen LogP contribution in [-0.4, -0.2) is 34.4 Å². The first-order valence-electron chi connectivity index (χ1n) is 8.58. The van der Waals surface area contributed by atoms with Crippen molar-refractivity contribution in [3.63, 3.8) is 0 Å². The van der Waals surface area contributed by atoms with E-state index < -0.39 is 0 Å². The van der Waals surface area contributed by atoms with Crippen LogP contribution >= 0.6 is 0 Å². The molecule has 1 amide bonds. The van der Waals surface area contributed by atoms with Gasteiger partial charge < -0.3 is 14.8 Å². The minimum Gasteiger partial charge on any atom is -0.493 e. The van der Waals surface area contributed by atoms with Crippen molar-refractivity contribution in [2.75, 3.05) is 13.7 Å². The number of carbonyl (C=O) groups is 1. The summed E-state index contributed by atoms with van der Waals surface area (Å²) in [7, 11) is 1.58. The van der Waals surface area contributed by atoms with Crippen LogP contribution in [0.5, 0.6) is 11.5 Å². The monoisotopic (exact) mass is 366 g/mol. The number of nitrogens with one attached hydrogen (secondary N) is 1. The third-order valence-corrected chi connectivity index (χ3v) is 4.13. The first kappa shape index (κ1) is 18.4. The van der Waals surface area contributed by atoms with E-state index in [-0.39, 0.29) is 18.6 Å². The van der Waals surface area contributed by atoms with Crippen molar-refractivity contribution in [3.8, 4) is 17.2 Å². The number of benzene rings is 2. The normalized spacial score (nSPS) is 11.7. The van der Waals surface area contributed by atoms with Crippen LogP contribution < -0.4 is 14.8 Å². The second-order valence-electron chi connectivity index (χ2n) is 6.16. The number of hydrogen-bond acceptors (Lipinski definition) is 5. The van der Waals surface area contributed by atoms with Gasteiger partial charge in [0, 0.05) is 0 Å². The van der Waals surface area contributed by atoms with Gasteiger partial charge >= 0.3 is 0 Å². The van der Waals surface area contributed by atoms with E-state index in [1.807, 2.05) is 50.2 Å². The Morgan fingerprint density at radius 1 is 1.19 bits per heavy atom. The zero-order chi connectivity index (χ0) is 19.2. The molecular formula is C20H22N4O3. The Hall–Kier alpha value is -3.35. The molecule has 1 aromatic heterocycles. The highest BCUT2D eigenvalue weighted by Crippen LogP contribution is 2.27. The molecule has 7 heteroatoms. The van der Waals surface area contributed by atoms with Crippen molar-refractivity contribution in [1.29, 1.82) is 0 Å². The predicted molar refractivity (Wildman–Crippen MR) is 101 cm³/mol. The Morgan fingerprint density at radius 2 is 1.96 bits per heavy atom. The molecule has 3 rings (SSSR count). The standard InChI is InChI=1S/C20H22N4O3/c1-14-4-9-18(19(10-14)26-3)27-11-20(25)23-15(2)16-5-7-17(8-6-16)24-13-21-12-22-24/h4-10,12-13,15H,11H2,1-3H3,(H,23,25). The first-order chi connectivity index (χ1) is 13.1. The number of nitrogens with zero attached hydrogens (tertiary/aromatic N) is 3. The van der Waals surface area contributed by atoms with E-state index in [9.17, 15) is 4.79 Å². The molecule has 0 bridgehead atoms. The Labute approximate surface area is 158 Å². The maximum atomic E-state index is 12.2. The number of hydrogen-bond donors (Lipinski definition) is 1. The summed E-state index contributed by atoms with van der Waals surface area (Å²) >= 11 is 0. The highest BCUT2D eigenvalue weighted by atomic mass is 16.5. The molecule has 7 nitrogen and oxygen atoms in total. The molecule has 3 aromatic rings. The Kier molecular flexibility index (Phi) is 5.71. The van der Waals surface area contributed by atoms with Crippen LogP contribution in [0.25, 0.3) is 5.69 Å². The number of ether oxygens (including phenoxy) is 2. The fraction of sp³-hybridized carbons (Fsp3) is 0.250. The molecule has 0 radical (unpaired) electrons. The van der Waals surface area contributed by atoms with Gasteiger partial charge in [-0.1, -0.05) is 18.2 Å². The Morgan fingerprint density at radius 3 is 2.63 bits per heavy atom. The second kappa shape index (κ2) is 8.35. The summed E-state index contributed by atoms with van der Waals surface area (Å²) in [5.41, 5.74) is 2.95. The van der Waals surface area contributed by atoms with E-state index in [1.165, 1.54) is 6.33 Å². The lowest BCUT2D eigenvalue weighted by Crippen LogP contribution is -2.31. The molecule has 0 saturated carbocycles. The van der Waals surface area contributed by atoms with Crippen molar-refractivity contribution in [3.05, 3.63) is 66.2 Å². The van der Waals surface area contributed by atoms with E-state index in [1.54, 1.807) is 24.2 Å². The maximum absolute atomic E-state index is 12.2. The average molecular weight is 366 g/mol. The van der Waals surface area contributed by atoms with Gasteiger partial charge in [0.05, 0.1) is 18.8 Å². The SMILES string of the molecule is COc1cc(C)ccc1OCC(=O)NC(C)c1ccc(-n2cncn2)cc1. The van der Waals surface area contributed by atoms with Crippen LogP contribution in [0.15, 0.2) is 55.1 Å². The first-order valence-corrected chi connectivity index (χ1v) is 8.58. The number of amides is 1. The van der Waals surface area contributed by atoms with Gasteiger partial charge in [0.25, 0.3) is 5.91 Å². The largest absolute Gasteiger partial charge is 0.493 e. The number of methoxy groups -OCH3 is 1. The Bertz CT molecular complexity index is 892. The smallest absolute Gasteiger partial charge is 0.258 e. The molecular weight excluding hydrogens is 344 g/mol. The van der Waals surface area contributed by atoms with E-state index in [0.29, 0.717) is 11.5 Å². The van der Waals surface area contributed by atoms with Crippen molar-refractivity contribution < 1.29 is 14.3 Å². The summed E-state index contributed by atoms with van der Waals surface area (Å²) in [4.78, 5) is 16.2. The van der Waals surface area contributed by atoms with E-state index >= 15 is 0 Å². The summed E-state index contributed by atoms with van der Waals surface area (Å²) in [6.07, 6.45) is 3.12. The van der Waals surface area contributed by atoms with Gasteiger partial charge in [-0.15, -0.1) is 0 Å². The van der Waals surface area contributed by atoms with Gasteiger partial charge in [0.2, 0.25) is 0 Å². The van der Waals surface area contributed by atoms with E-state index in [2.05, 4.69) is 15.4 Å².